The number of hydrogen-bond donors (Lipinski definition) is 1. The number of phosphoric acid groups is 1. The molecular weight excluding hydrogens is 397 g/mol. The summed E-state index contributed by atoms with van der Waals surface area (Å²) < 4.78 is 36.9. The Morgan fingerprint density at radius 1 is 1.31 bits per heavy atom. The molecule has 0 radical (unpaired) electrons. The van der Waals surface area contributed by atoms with Crippen molar-refractivity contribution in [2.45, 2.75) is 25.9 Å². The highest BCUT2D eigenvalue weighted by atomic mass is 31.2. The van der Waals surface area contributed by atoms with E-state index < -0.39 is 20.2 Å². The fraction of sp³-hybridized carbons (Fsp3) is 0.278. The van der Waals surface area contributed by atoms with E-state index in [0.717, 1.165) is 11.1 Å². The van der Waals surface area contributed by atoms with Crippen molar-refractivity contribution in [1.82, 2.24) is 19.5 Å². The second-order valence-corrected chi connectivity index (χ2v) is 8.30. The number of rotatable bonds is 4. The van der Waals surface area contributed by atoms with Crippen molar-refractivity contribution in [3.8, 4) is 5.75 Å². The molecule has 0 aliphatic carbocycles. The fourth-order valence-corrected chi connectivity index (χ4v) is 4.56. The topological polar surface area (TPSA) is 124 Å². The lowest BCUT2D eigenvalue weighted by Gasteiger charge is -2.26. The van der Waals surface area contributed by atoms with Gasteiger partial charge in [0, 0.05) is 5.56 Å². The largest absolute Gasteiger partial charge is 0.530 e. The molecule has 2 aromatic heterocycles. The summed E-state index contributed by atoms with van der Waals surface area (Å²) in [5.74, 6) is 0.848. The standard InChI is InChI=1S/C18H18N5O5P/c1-11-3-2-4-12-7-25-29(24,28-16(11)12)26-8-13-5-6-14(27-13)23-10-22-15-17(19)20-9-21-18(15)23/h2-6,9-10,13-14H,7-8H2,1H3,(H2,19,20,21)/t13-,14+,29?/m0/s1. The molecule has 0 saturated heterocycles. The van der Waals surface area contributed by atoms with Crippen LogP contribution in [0.25, 0.3) is 11.2 Å². The van der Waals surface area contributed by atoms with Crippen LogP contribution in [0.3, 0.4) is 0 Å². The first-order valence-electron chi connectivity index (χ1n) is 8.96. The van der Waals surface area contributed by atoms with E-state index in [0.29, 0.717) is 22.7 Å². The molecule has 2 aliphatic heterocycles. The second-order valence-electron chi connectivity index (χ2n) is 6.70. The number of nitrogens with zero attached hydrogens (tertiary/aromatic N) is 4. The number of nitrogen functional groups attached to an aromatic ring is 1. The lowest BCUT2D eigenvalue weighted by atomic mass is 10.1. The number of imidazole rings is 1. The summed E-state index contributed by atoms with van der Waals surface area (Å²) in [7, 11) is -3.72. The van der Waals surface area contributed by atoms with Gasteiger partial charge < -0.3 is 15.0 Å². The lowest BCUT2D eigenvalue weighted by molar-refractivity contribution is -0.00933. The molecule has 0 spiro atoms. The molecule has 4 heterocycles. The Morgan fingerprint density at radius 2 is 2.21 bits per heavy atom. The predicted molar refractivity (Wildman–Crippen MR) is 103 cm³/mol. The van der Waals surface area contributed by atoms with Gasteiger partial charge in [0.15, 0.2) is 17.7 Å². The number of aromatic nitrogens is 4. The van der Waals surface area contributed by atoms with Gasteiger partial charge in [0.2, 0.25) is 0 Å². The number of ether oxygens (including phenoxy) is 1. The highest BCUT2D eigenvalue weighted by molar-refractivity contribution is 7.49. The van der Waals surface area contributed by atoms with E-state index in [1.807, 2.05) is 37.3 Å². The van der Waals surface area contributed by atoms with Crippen LogP contribution in [0.4, 0.5) is 5.82 Å². The summed E-state index contributed by atoms with van der Waals surface area (Å²) in [5.41, 5.74) is 8.60. The van der Waals surface area contributed by atoms with E-state index in [1.54, 1.807) is 10.9 Å². The highest BCUT2D eigenvalue weighted by Gasteiger charge is 2.36. The van der Waals surface area contributed by atoms with Gasteiger partial charge in [0.1, 0.15) is 23.7 Å². The number of aryl methyl sites for hydroxylation is 1. The molecule has 3 atom stereocenters. The predicted octanol–water partition coefficient (Wildman–Crippen LogP) is 2.90. The summed E-state index contributed by atoms with van der Waals surface area (Å²) in [6.45, 7) is 2.06. The molecule has 29 heavy (non-hydrogen) atoms. The van der Waals surface area contributed by atoms with Gasteiger partial charge in [-0.1, -0.05) is 24.3 Å². The quantitative estimate of drug-likeness (QED) is 0.506. The zero-order valence-electron chi connectivity index (χ0n) is 15.5. The molecule has 0 saturated carbocycles. The van der Waals surface area contributed by atoms with Crippen molar-refractivity contribution in [3.05, 3.63) is 54.1 Å². The summed E-state index contributed by atoms with van der Waals surface area (Å²) in [6, 6.07) is 5.65. The van der Waals surface area contributed by atoms with Gasteiger partial charge in [-0.3, -0.25) is 13.6 Å². The van der Waals surface area contributed by atoms with E-state index in [1.165, 1.54) is 6.33 Å². The molecule has 11 heteroatoms. The van der Waals surface area contributed by atoms with Crippen molar-refractivity contribution < 1.29 is 22.9 Å². The normalized spacial score (nSPS) is 25.8. The van der Waals surface area contributed by atoms with Crippen LogP contribution in [0.2, 0.25) is 0 Å². The Bertz CT molecular complexity index is 1160. The summed E-state index contributed by atoms with van der Waals surface area (Å²) in [5, 5.41) is 0. The van der Waals surface area contributed by atoms with Crippen LogP contribution in [0.15, 0.2) is 43.0 Å². The number of nitrogens with two attached hydrogens (primary N) is 1. The van der Waals surface area contributed by atoms with Gasteiger partial charge in [0.05, 0.1) is 19.5 Å². The average Bonchev–Trinajstić information content (AvgIpc) is 3.35. The first-order valence-corrected chi connectivity index (χ1v) is 10.4. The Kier molecular flexibility index (Phi) is 4.36. The van der Waals surface area contributed by atoms with Crippen LogP contribution >= 0.6 is 7.82 Å². The molecule has 2 aliphatic rings. The fourth-order valence-electron chi connectivity index (χ4n) is 3.27. The molecular formula is C18H18N5O5P. The number of para-hydroxylation sites is 1. The van der Waals surface area contributed by atoms with Gasteiger partial charge in [-0.15, -0.1) is 0 Å². The van der Waals surface area contributed by atoms with Crippen LogP contribution < -0.4 is 10.3 Å². The zero-order chi connectivity index (χ0) is 20.0. The van der Waals surface area contributed by atoms with E-state index in [9.17, 15) is 4.57 Å². The Balaban J connectivity index is 1.25. The molecule has 10 nitrogen and oxygen atoms in total. The zero-order valence-corrected chi connectivity index (χ0v) is 16.4. The number of phosphoric ester groups is 1. The van der Waals surface area contributed by atoms with Gasteiger partial charge in [0.25, 0.3) is 0 Å². The lowest BCUT2D eigenvalue weighted by Crippen LogP contribution is -2.19. The molecule has 0 amide bonds. The monoisotopic (exact) mass is 415 g/mol. The van der Waals surface area contributed by atoms with Crippen LogP contribution in [0.5, 0.6) is 5.75 Å². The maximum Gasteiger partial charge on any atom is 0.530 e. The first-order chi connectivity index (χ1) is 14.0. The Morgan fingerprint density at radius 3 is 3.10 bits per heavy atom. The van der Waals surface area contributed by atoms with Gasteiger partial charge in [-0.2, -0.15) is 0 Å². The minimum atomic E-state index is -3.72. The van der Waals surface area contributed by atoms with E-state index in [2.05, 4.69) is 15.0 Å². The summed E-state index contributed by atoms with van der Waals surface area (Å²) in [4.78, 5) is 12.4. The molecule has 1 aromatic carbocycles. The van der Waals surface area contributed by atoms with Crippen molar-refractivity contribution >= 4 is 24.8 Å². The van der Waals surface area contributed by atoms with Crippen molar-refractivity contribution in [2.24, 2.45) is 0 Å². The number of benzene rings is 1. The third-order valence-corrected chi connectivity index (χ3v) is 6.05. The Labute approximate surface area is 165 Å². The molecule has 1 unspecified atom stereocenters. The molecule has 150 valence electrons. The molecule has 5 rings (SSSR count). The van der Waals surface area contributed by atoms with Gasteiger partial charge in [-0.25, -0.2) is 19.5 Å². The maximum absolute atomic E-state index is 12.8. The maximum atomic E-state index is 12.8. The van der Waals surface area contributed by atoms with Crippen molar-refractivity contribution in [1.29, 1.82) is 0 Å². The molecule has 2 N–H and O–H groups in total. The highest BCUT2D eigenvalue weighted by Crippen LogP contribution is 2.55. The van der Waals surface area contributed by atoms with Crippen molar-refractivity contribution in [2.75, 3.05) is 12.3 Å². The van der Waals surface area contributed by atoms with Crippen LogP contribution in [-0.2, 0) is 25.0 Å². The SMILES string of the molecule is Cc1cccc2c1OP(=O)(OC[C@@H]1C=C[C@H](n3cnc4c(N)ncnc43)O1)OC2. The minimum absolute atomic E-state index is 0.00917. The van der Waals surface area contributed by atoms with Crippen LogP contribution in [-0.4, -0.2) is 32.2 Å². The smallest absolute Gasteiger partial charge is 0.403 e. The summed E-state index contributed by atoms with van der Waals surface area (Å²) >= 11 is 0. The number of anilines is 1. The average molecular weight is 415 g/mol. The number of hydrogen-bond acceptors (Lipinski definition) is 9. The first kappa shape index (κ1) is 18.3. The number of fused-ring (bicyclic) bond motifs is 2. The molecule has 3 aromatic rings. The molecule has 0 bridgehead atoms. The van der Waals surface area contributed by atoms with E-state index >= 15 is 0 Å². The van der Waals surface area contributed by atoms with Gasteiger partial charge in [-0.05, 0) is 18.6 Å². The molecule has 0 fully saturated rings. The Hall–Kier alpha value is -2.78. The van der Waals surface area contributed by atoms with Crippen LogP contribution in [0.1, 0.15) is 17.4 Å². The third-order valence-electron chi connectivity index (χ3n) is 4.74. The second kappa shape index (κ2) is 6.93. The van der Waals surface area contributed by atoms with E-state index in [4.69, 9.17) is 24.0 Å². The van der Waals surface area contributed by atoms with Gasteiger partial charge >= 0.3 is 7.82 Å². The third kappa shape index (κ3) is 3.30. The van der Waals surface area contributed by atoms with E-state index in [-0.39, 0.29) is 13.2 Å². The minimum Gasteiger partial charge on any atom is -0.403 e. The van der Waals surface area contributed by atoms with Crippen LogP contribution in [0, 0.1) is 6.92 Å². The van der Waals surface area contributed by atoms with Crippen molar-refractivity contribution in [3.63, 3.8) is 0 Å². The summed E-state index contributed by atoms with van der Waals surface area (Å²) in [6.07, 6.45) is 5.73.